The summed E-state index contributed by atoms with van der Waals surface area (Å²) in [7, 11) is 0. The molecule has 84 heavy (non-hydrogen) atoms. The summed E-state index contributed by atoms with van der Waals surface area (Å²) < 4.78 is 0. The van der Waals surface area contributed by atoms with Crippen LogP contribution in [0.2, 0.25) is 0 Å². The molecule has 0 aliphatic carbocycles. The van der Waals surface area contributed by atoms with Crippen molar-refractivity contribution in [3.8, 4) is 46.0 Å². The lowest BCUT2D eigenvalue weighted by atomic mass is 9.89. The third-order valence-electron chi connectivity index (χ3n) is 17.0. The van der Waals surface area contributed by atoms with Crippen LogP contribution in [0, 0.1) is 55.4 Å². The van der Waals surface area contributed by atoms with Crippen molar-refractivity contribution in [3.05, 3.63) is 138 Å². The van der Waals surface area contributed by atoms with Crippen LogP contribution in [0.5, 0.6) is 46.0 Å². The average Bonchev–Trinajstić information content (AvgIpc) is 3.45. The zero-order valence-electron chi connectivity index (χ0n) is 55.3. The molecule has 0 spiro atoms. The number of rotatable bonds is 24. The lowest BCUT2D eigenvalue weighted by Gasteiger charge is -2.24. The van der Waals surface area contributed by atoms with Crippen molar-refractivity contribution < 1.29 is 61.3 Å². The number of aryl methyl sites for hydroxylation is 4. The Morgan fingerprint density at radius 2 is 0.667 bits per heavy atom. The minimum Gasteiger partial charge on any atom is -0.508 e. The van der Waals surface area contributed by atoms with Crippen LogP contribution in [0.25, 0.3) is 0 Å². The van der Waals surface area contributed by atoms with Crippen molar-refractivity contribution in [2.75, 3.05) is 0 Å². The normalized spacial score (nSPS) is 15.0. The molecule has 0 aromatic heterocycles. The molecule has 4 aromatic rings. The fourth-order valence-corrected chi connectivity index (χ4v) is 9.12. The molecule has 0 bridgehead atoms. The molecule has 472 valence electrons. The van der Waals surface area contributed by atoms with Crippen LogP contribution in [0.15, 0.2) is 70.9 Å². The molecule has 0 radical (unpaired) electrons. The topological polar surface area (TPSA) is 243 Å². The van der Waals surface area contributed by atoms with Gasteiger partial charge in [0.05, 0.1) is 22.4 Å². The molecule has 0 heterocycles. The molecular formula is C72H112O12. The molecule has 4 aromatic carbocycles. The van der Waals surface area contributed by atoms with Gasteiger partial charge in [-0.1, -0.05) is 74.3 Å². The zero-order chi connectivity index (χ0) is 64.8. The van der Waals surface area contributed by atoms with Gasteiger partial charge in [0.1, 0.15) is 46.0 Å². The summed E-state index contributed by atoms with van der Waals surface area (Å²) in [5, 5.41) is 122. The third kappa shape index (κ3) is 25.3. The molecular weight excluding hydrogens is 1060 g/mol. The van der Waals surface area contributed by atoms with Crippen LogP contribution in [0.4, 0.5) is 0 Å². The first-order valence-electron chi connectivity index (χ1n) is 30.3. The van der Waals surface area contributed by atoms with Gasteiger partial charge in [-0.2, -0.15) is 0 Å². The van der Waals surface area contributed by atoms with Gasteiger partial charge in [0.15, 0.2) is 0 Å². The lowest BCUT2D eigenvalue weighted by Crippen LogP contribution is -2.24. The van der Waals surface area contributed by atoms with Gasteiger partial charge in [-0.05, 0) is 293 Å². The average molecular weight is 1170 g/mol. The maximum atomic E-state index is 10.5. The Morgan fingerprint density at radius 3 is 1.06 bits per heavy atom. The Bertz CT molecular complexity index is 2860. The molecule has 0 saturated carbocycles. The Labute approximate surface area is 506 Å². The molecule has 4 rings (SSSR count). The van der Waals surface area contributed by atoms with Gasteiger partial charge in [-0.15, -0.1) is 0 Å². The maximum absolute atomic E-state index is 10.5. The monoisotopic (exact) mass is 1170 g/mol. The predicted molar refractivity (Wildman–Crippen MR) is 347 cm³/mol. The summed E-state index contributed by atoms with van der Waals surface area (Å²) in [5.74, 6) is 1.68. The van der Waals surface area contributed by atoms with Crippen molar-refractivity contribution in [2.45, 2.75) is 264 Å². The molecule has 12 heteroatoms. The van der Waals surface area contributed by atoms with Crippen LogP contribution in [-0.4, -0.2) is 83.7 Å². The number of benzene rings is 4. The minimum absolute atomic E-state index is 0.150. The highest BCUT2D eigenvalue weighted by molar-refractivity contribution is 5.57. The van der Waals surface area contributed by atoms with E-state index in [0.29, 0.717) is 133 Å². The van der Waals surface area contributed by atoms with Crippen LogP contribution >= 0.6 is 0 Å². The number of aromatic hydroxyl groups is 8. The summed E-state index contributed by atoms with van der Waals surface area (Å²) in [6.45, 7) is 38.2. The molecule has 12 nitrogen and oxygen atoms in total. The molecule has 4 unspecified atom stereocenters. The highest BCUT2D eigenvalue weighted by atomic mass is 16.3. The highest BCUT2D eigenvalue weighted by Crippen LogP contribution is 2.39. The van der Waals surface area contributed by atoms with Gasteiger partial charge in [0, 0.05) is 11.1 Å². The second-order valence-electron chi connectivity index (χ2n) is 25.1. The Morgan fingerprint density at radius 1 is 0.345 bits per heavy atom. The fourth-order valence-electron chi connectivity index (χ4n) is 9.12. The van der Waals surface area contributed by atoms with Crippen LogP contribution < -0.4 is 0 Å². The van der Waals surface area contributed by atoms with Crippen LogP contribution in [0.3, 0.4) is 0 Å². The van der Waals surface area contributed by atoms with Crippen molar-refractivity contribution in [3.63, 3.8) is 0 Å². The molecule has 0 aliphatic heterocycles. The Hall–Kier alpha value is -5.92. The van der Waals surface area contributed by atoms with E-state index in [1.54, 1.807) is 73.6 Å². The smallest absolute Gasteiger partial charge is 0.122 e. The van der Waals surface area contributed by atoms with E-state index in [-0.39, 0.29) is 46.0 Å². The highest BCUT2D eigenvalue weighted by Gasteiger charge is 2.25. The van der Waals surface area contributed by atoms with Crippen molar-refractivity contribution >= 4 is 0 Å². The number of aliphatic hydroxyl groups is 4. The van der Waals surface area contributed by atoms with E-state index in [9.17, 15) is 61.3 Å². The van der Waals surface area contributed by atoms with Crippen LogP contribution in [-0.2, 0) is 25.7 Å². The molecule has 12 N–H and O–H groups in total. The third-order valence-corrected chi connectivity index (χ3v) is 17.0. The molecule has 0 fully saturated rings. The molecule has 0 amide bonds. The van der Waals surface area contributed by atoms with E-state index < -0.39 is 22.4 Å². The van der Waals surface area contributed by atoms with Crippen LogP contribution in [0.1, 0.15) is 227 Å². The summed E-state index contributed by atoms with van der Waals surface area (Å²) in [6, 6.07) is 6.27. The van der Waals surface area contributed by atoms with E-state index in [1.807, 2.05) is 27.7 Å². The summed E-state index contributed by atoms with van der Waals surface area (Å²) in [4.78, 5) is 0. The number of hydrogen-bond acceptors (Lipinski definition) is 12. The van der Waals surface area contributed by atoms with Crippen molar-refractivity contribution in [1.82, 2.24) is 0 Å². The van der Waals surface area contributed by atoms with Crippen molar-refractivity contribution in [1.29, 1.82) is 0 Å². The first-order chi connectivity index (χ1) is 38.7. The van der Waals surface area contributed by atoms with Gasteiger partial charge in [-0.25, -0.2) is 0 Å². The number of hydrogen-bond donors (Lipinski definition) is 12. The number of phenols is 8. The Balaban J connectivity index is 0.000000560. The molecule has 0 aliphatic rings. The number of allylic oxidation sites excluding steroid dienone is 4. The lowest BCUT2D eigenvalue weighted by molar-refractivity contribution is 0.0534. The second-order valence-corrected chi connectivity index (χ2v) is 25.1. The largest absolute Gasteiger partial charge is 0.508 e. The number of phenolic OH excluding ortho intramolecular Hbond substituents is 8. The standard InChI is InChI=1S/C19H30O3.2C18H28O3.C17H26O3/c1-7-12(2)8-10-19(6,22)11-9-16-15(5)17(20)13(3)14(4)18(16)21;1-6-12(2)7-9-18(5,21)10-8-15-11-16(19)13(3)14(4)17(15)20;1-6-12(2)7-9-18(5,21)10-8-15-14(4)17(20)13(3)11-16(15)19;1-5-12(2)6-8-17(4,20)9-7-14-11-15(18)10-13(3)16(14)19/h8,20-22H,7,9-11H2,1-6H3;2*7,11,19-21H,6,8-10H2,1-5H3;6,10-11,18-20H,5,7-9H2,1-4H3/b12-8+;2*12-7+;12-6+. The Kier molecular flexibility index (Phi) is 31.1. The van der Waals surface area contributed by atoms with Crippen molar-refractivity contribution in [2.24, 2.45) is 0 Å². The maximum Gasteiger partial charge on any atom is 0.122 e. The first kappa shape index (κ1) is 76.1. The van der Waals surface area contributed by atoms with Gasteiger partial charge < -0.3 is 61.3 Å². The summed E-state index contributed by atoms with van der Waals surface area (Å²) in [6.07, 6.45) is 18.9. The van der Waals surface area contributed by atoms with E-state index in [0.717, 1.165) is 36.8 Å². The first-order valence-corrected chi connectivity index (χ1v) is 30.3. The van der Waals surface area contributed by atoms with E-state index in [2.05, 4.69) is 79.7 Å². The summed E-state index contributed by atoms with van der Waals surface area (Å²) in [5.41, 5.74) is 10.2. The predicted octanol–water partition coefficient (Wildman–Crippen LogP) is 16.6. The van der Waals surface area contributed by atoms with E-state index >= 15 is 0 Å². The second kappa shape index (κ2) is 34.3. The molecule has 4 atom stereocenters. The fraction of sp³-hybridized carbons (Fsp3) is 0.556. The van der Waals surface area contributed by atoms with E-state index in [1.165, 1.54) is 28.4 Å². The van der Waals surface area contributed by atoms with Gasteiger partial charge in [0.25, 0.3) is 0 Å². The van der Waals surface area contributed by atoms with Gasteiger partial charge >= 0.3 is 0 Å². The summed E-state index contributed by atoms with van der Waals surface area (Å²) >= 11 is 0. The quantitative estimate of drug-likeness (QED) is 0.0232. The van der Waals surface area contributed by atoms with Gasteiger partial charge in [-0.3, -0.25) is 0 Å². The minimum atomic E-state index is -0.816. The molecule has 0 saturated heterocycles. The zero-order valence-corrected chi connectivity index (χ0v) is 55.3. The SMILES string of the molecule is CC/C(C)=C/CC(C)(O)CCc1c(C)c(O)c(C)c(C)c1O.CC/C(C)=C/CC(C)(O)CCc1c(O)cc(C)c(O)c1C.CC/C(C)=C/CC(C)(O)CCc1cc(O)c(C)c(C)c1O.CC/C(C)=C/CC(C)(O)CCc1cc(O)cc(C)c1O. The van der Waals surface area contributed by atoms with E-state index in [4.69, 9.17) is 0 Å². The van der Waals surface area contributed by atoms with Gasteiger partial charge in [0.2, 0.25) is 0 Å².